The standard InChI is InChI=1S/C21H25Cl2N3O4/c1-4-6-9-30-19(29)21(5-2)11-26-17(14-8-7-13(22)10-15(14)23)16(18(27)28)12(3)24-20(26)25-21/h7-8,10,17H,4-6,9,11H2,1-3H3,(H,24,25)(H,27,28). The zero-order valence-corrected chi connectivity index (χ0v) is 18.7. The van der Waals surface area contributed by atoms with Crippen molar-refractivity contribution in [2.75, 3.05) is 13.2 Å². The molecule has 2 atom stereocenters. The Hall–Kier alpha value is -2.25. The third kappa shape index (κ3) is 4.01. The minimum atomic E-state index is -1.11. The first-order chi connectivity index (χ1) is 14.2. The highest BCUT2D eigenvalue weighted by Gasteiger charge is 2.51. The number of ether oxygens (including phenoxy) is 1. The molecular formula is C21H25Cl2N3O4. The molecule has 0 aromatic heterocycles. The van der Waals surface area contributed by atoms with E-state index in [2.05, 4.69) is 10.3 Å². The number of nitrogens with zero attached hydrogens (tertiary/aromatic N) is 2. The van der Waals surface area contributed by atoms with Crippen molar-refractivity contribution < 1.29 is 19.4 Å². The molecule has 0 saturated carbocycles. The summed E-state index contributed by atoms with van der Waals surface area (Å²) >= 11 is 12.5. The first kappa shape index (κ1) is 22.4. The molecule has 7 nitrogen and oxygen atoms in total. The molecule has 3 rings (SSSR count). The summed E-state index contributed by atoms with van der Waals surface area (Å²) in [6.45, 7) is 6.08. The summed E-state index contributed by atoms with van der Waals surface area (Å²) in [6.07, 6.45) is 2.11. The number of aliphatic carboxylic acids is 1. The van der Waals surface area contributed by atoms with Crippen molar-refractivity contribution in [2.24, 2.45) is 4.99 Å². The van der Waals surface area contributed by atoms with Crippen LogP contribution in [0.25, 0.3) is 0 Å². The average Bonchev–Trinajstić information content (AvgIpc) is 3.07. The summed E-state index contributed by atoms with van der Waals surface area (Å²) in [5.41, 5.74) is 0.0593. The third-order valence-corrected chi connectivity index (χ3v) is 6.06. The van der Waals surface area contributed by atoms with Crippen LogP contribution >= 0.6 is 23.2 Å². The molecule has 2 heterocycles. The number of guanidine groups is 1. The van der Waals surface area contributed by atoms with E-state index in [4.69, 9.17) is 27.9 Å². The number of halogens is 2. The molecule has 2 aliphatic heterocycles. The van der Waals surface area contributed by atoms with Gasteiger partial charge in [0.15, 0.2) is 11.5 Å². The molecule has 162 valence electrons. The van der Waals surface area contributed by atoms with Crippen LogP contribution in [0.2, 0.25) is 10.0 Å². The lowest BCUT2D eigenvalue weighted by molar-refractivity contribution is -0.150. The number of allylic oxidation sites excluding steroid dienone is 1. The Morgan fingerprint density at radius 2 is 2.10 bits per heavy atom. The van der Waals surface area contributed by atoms with E-state index in [0.29, 0.717) is 40.3 Å². The largest absolute Gasteiger partial charge is 0.478 e. The molecule has 2 aliphatic rings. The predicted octanol–water partition coefficient (Wildman–Crippen LogP) is 4.16. The van der Waals surface area contributed by atoms with Gasteiger partial charge in [-0.25, -0.2) is 14.6 Å². The summed E-state index contributed by atoms with van der Waals surface area (Å²) in [4.78, 5) is 31.5. The van der Waals surface area contributed by atoms with Crippen molar-refractivity contribution in [3.05, 3.63) is 45.1 Å². The quantitative estimate of drug-likeness (QED) is 0.475. The van der Waals surface area contributed by atoms with Crippen LogP contribution in [0.3, 0.4) is 0 Å². The van der Waals surface area contributed by atoms with E-state index in [-0.39, 0.29) is 12.1 Å². The number of hydrogen-bond acceptors (Lipinski definition) is 6. The first-order valence-electron chi connectivity index (χ1n) is 9.93. The summed E-state index contributed by atoms with van der Waals surface area (Å²) in [5, 5.41) is 13.8. The molecule has 1 aromatic carbocycles. The lowest BCUT2D eigenvalue weighted by Gasteiger charge is -2.38. The Morgan fingerprint density at radius 1 is 1.37 bits per heavy atom. The first-order valence-corrected chi connectivity index (χ1v) is 10.7. The smallest absolute Gasteiger partial charge is 0.336 e. The van der Waals surface area contributed by atoms with Gasteiger partial charge in [0.2, 0.25) is 0 Å². The second-order valence-electron chi connectivity index (χ2n) is 7.48. The summed E-state index contributed by atoms with van der Waals surface area (Å²) in [7, 11) is 0. The highest BCUT2D eigenvalue weighted by atomic mass is 35.5. The van der Waals surface area contributed by atoms with Gasteiger partial charge in [0.25, 0.3) is 0 Å². The maximum atomic E-state index is 12.9. The van der Waals surface area contributed by atoms with Gasteiger partial charge in [-0.15, -0.1) is 0 Å². The number of benzene rings is 1. The van der Waals surface area contributed by atoms with E-state index in [1.807, 2.05) is 13.8 Å². The summed E-state index contributed by atoms with van der Waals surface area (Å²) in [5.74, 6) is -1.05. The van der Waals surface area contributed by atoms with Gasteiger partial charge < -0.3 is 20.1 Å². The van der Waals surface area contributed by atoms with E-state index in [9.17, 15) is 14.7 Å². The maximum absolute atomic E-state index is 12.9. The normalized spacial score (nSPS) is 23.0. The van der Waals surface area contributed by atoms with Crippen LogP contribution in [0, 0.1) is 0 Å². The van der Waals surface area contributed by atoms with Crippen LogP contribution in [0.5, 0.6) is 0 Å². The average molecular weight is 454 g/mol. The highest BCUT2D eigenvalue weighted by molar-refractivity contribution is 6.35. The minimum Gasteiger partial charge on any atom is -0.478 e. The Bertz CT molecular complexity index is 931. The summed E-state index contributed by atoms with van der Waals surface area (Å²) in [6, 6.07) is 4.23. The zero-order chi connectivity index (χ0) is 22.1. The van der Waals surface area contributed by atoms with E-state index < -0.39 is 23.5 Å². The Balaban J connectivity index is 2.04. The molecular weight excluding hydrogens is 429 g/mol. The number of carbonyl (C=O) groups excluding carboxylic acids is 1. The van der Waals surface area contributed by atoms with Crippen molar-refractivity contribution >= 4 is 41.1 Å². The second-order valence-corrected chi connectivity index (χ2v) is 8.32. The van der Waals surface area contributed by atoms with Crippen molar-refractivity contribution in [2.45, 2.75) is 51.6 Å². The molecule has 0 aliphatic carbocycles. The van der Waals surface area contributed by atoms with Gasteiger partial charge in [-0.3, -0.25) is 0 Å². The Morgan fingerprint density at radius 3 is 2.70 bits per heavy atom. The monoisotopic (exact) mass is 453 g/mol. The number of hydrogen-bond donors (Lipinski definition) is 2. The van der Waals surface area contributed by atoms with Crippen LogP contribution < -0.4 is 5.32 Å². The number of carboxylic acids is 1. The van der Waals surface area contributed by atoms with Gasteiger partial charge in [0.05, 0.1) is 24.8 Å². The van der Waals surface area contributed by atoms with Gasteiger partial charge >= 0.3 is 11.9 Å². The van der Waals surface area contributed by atoms with Crippen LogP contribution in [0.1, 0.15) is 51.6 Å². The van der Waals surface area contributed by atoms with Gasteiger partial charge in [0.1, 0.15) is 0 Å². The van der Waals surface area contributed by atoms with Gasteiger partial charge in [0, 0.05) is 15.7 Å². The number of unbranched alkanes of at least 4 members (excludes halogenated alkanes) is 1. The van der Waals surface area contributed by atoms with Crippen molar-refractivity contribution in [3.8, 4) is 0 Å². The van der Waals surface area contributed by atoms with Crippen molar-refractivity contribution in [1.82, 2.24) is 10.2 Å². The number of carbonyl (C=O) groups is 2. The second kappa shape index (κ2) is 8.86. The molecule has 0 bridgehead atoms. The highest BCUT2D eigenvalue weighted by Crippen LogP contribution is 2.42. The Labute approximate surface area is 185 Å². The topological polar surface area (TPSA) is 91.2 Å². The molecule has 0 spiro atoms. The molecule has 0 radical (unpaired) electrons. The van der Waals surface area contributed by atoms with Crippen molar-refractivity contribution in [1.29, 1.82) is 0 Å². The van der Waals surface area contributed by atoms with Crippen LogP contribution in [0.4, 0.5) is 0 Å². The van der Waals surface area contributed by atoms with Gasteiger partial charge in [-0.05, 0) is 37.5 Å². The molecule has 0 fully saturated rings. The van der Waals surface area contributed by atoms with Crippen molar-refractivity contribution in [3.63, 3.8) is 0 Å². The lowest BCUT2D eigenvalue weighted by Crippen LogP contribution is -2.49. The SMILES string of the molecule is CCCCOC(=O)C1(CC)CN2C(=N1)NC(C)=C(C(=O)O)C2c1ccc(Cl)cc1Cl. The molecule has 1 aromatic rings. The number of nitrogens with one attached hydrogen (secondary N) is 1. The molecule has 2 N–H and O–H groups in total. The number of carboxylic acid groups (broad SMARTS) is 1. The lowest BCUT2D eigenvalue weighted by atomic mass is 9.91. The summed E-state index contributed by atoms with van der Waals surface area (Å²) < 4.78 is 5.47. The van der Waals surface area contributed by atoms with E-state index in [1.54, 1.807) is 30.0 Å². The number of esters is 1. The van der Waals surface area contributed by atoms with Gasteiger partial charge in [-0.1, -0.05) is 49.5 Å². The molecule has 9 heteroatoms. The third-order valence-electron chi connectivity index (χ3n) is 5.50. The Kier molecular flexibility index (Phi) is 6.62. The molecule has 2 unspecified atom stereocenters. The number of aliphatic imine (C=N–C) groups is 1. The molecule has 0 saturated heterocycles. The van der Waals surface area contributed by atoms with E-state index in [1.165, 1.54) is 0 Å². The fourth-order valence-corrected chi connectivity index (χ4v) is 4.29. The minimum absolute atomic E-state index is 0.143. The maximum Gasteiger partial charge on any atom is 0.336 e. The van der Waals surface area contributed by atoms with Gasteiger partial charge in [-0.2, -0.15) is 0 Å². The number of fused-ring (bicyclic) bond motifs is 1. The van der Waals surface area contributed by atoms with E-state index in [0.717, 1.165) is 12.8 Å². The predicted molar refractivity (Wildman–Crippen MR) is 116 cm³/mol. The molecule has 30 heavy (non-hydrogen) atoms. The fourth-order valence-electron chi connectivity index (χ4n) is 3.78. The van der Waals surface area contributed by atoms with E-state index >= 15 is 0 Å². The molecule has 0 amide bonds. The fraction of sp³-hybridized carbons (Fsp3) is 0.476. The zero-order valence-electron chi connectivity index (χ0n) is 17.2. The van der Waals surface area contributed by atoms with Crippen LogP contribution in [0.15, 0.2) is 34.5 Å². The van der Waals surface area contributed by atoms with Crippen LogP contribution in [-0.2, 0) is 14.3 Å². The van der Waals surface area contributed by atoms with Crippen LogP contribution in [-0.4, -0.2) is 46.6 Å². The number of rotatable bonds is 7.